The molecule has 0 unspecified atom stereocenters. The van der Waals surface area contributed by atoms with Gasteiger partial charge in [0, 0.05) is 23.6 Å². The molecule has 0 aliphatic carbocycles. The maximum Gasteiger partial charge on any atom is 0.132 e. The van der Waals surface area contributed by atoms with Crippen molar-refractivity contribution in [1.29, 1.82) is 0 Å². The molecule has 0 saturated carbocycles. The number of hydrogen-bond donors (Lipinski definition) is 2. The molecule has 0 saturated heterocycles. The highest BCUT2D eigenvalue weighted by Crippen LogP contribution is 2.16. The first-order chi connectivity index (χ1) is 7.38. The van der Waals surface area contributed by atoms with E-state index in [2.05, 4.69) is 10.3 Å². The van der Waals surface area contributed by atoms with E-state index < -0.39 is 0 Å². The van der Waals surface area contributed by atoms with Gasteiger partial charge in [0.1, 0.15) is 5.82 Å². The molecule has 0 fully saturated rings. The zero-order valence-corrected chi connectivity index (χ0v) is 7.97. The summed E-state index contributed by atoms with van der Waals surface area (Å²) in [5.41, 5.74) is 3.25. The monoisotopic (exact) mass is 200 g/mol. The van der Waals surface area contributed by atoms with Crippen LogP contribution in [0.2, 0.25) is 0 Å². The summed E-state index contributed by atoms with van der Waals surface area (Å²) in [6.45, 7) is 0. The summed E-state index contributed by atoms with van der Waals surface area (Å²) in [5.74, 6) is 0.641. The fraction of sp³-hybridized carbons (Fsp3) is 0. The van der Waals surface area contributed by atoms with Crippen LogP contribution in [0.4, 0.5) is 17.2 Å². The zero-order valence-electron chi connectivity index (χ0n) is 7.97. The van der Waals surface area contributed by atoms with Gasteiger partial charge in [-0.1, -0.05) is 18.2 Å². The van der Waals surface area contributed by atoms with Gasteiger partial charge >= 0.3 is 0 Å². The molecule has 15 heavy (non-hydrogen) atoms. The van der Waals surface area contributed by atoms with Crippen molar-refractivity contribution < 1.29 is 0 Å². The molecule has 0 aliphatic heterocycles. The average molecular weight is 200 g/mol. The lowest BCUT2D eigenvalue weighted by Gasteiger charge is -2.11. The van der Waals surface area contributed by atoms with Crippen molar-refractivity contribution >= 4 is 17.2 Å². The third-order valence-corrected chi connectivity index (χ3v) is 1.92. The normalized spacial score (nSPS) is 9.67. The summed E-state index contributed by atoms with van der Waals surface area (Å²) >= 11 is 0. The molecule has 2 aromatic rings. The van der Waals surface area contributed by atoms with Crippen molar-refractivity contribution in [3.05, 3.63) is 53.9 Å². The molecule has 0 spiro atoms. The van der Waals surface area contributed by atoms with Crippen LogP contribution < -0.4 is 10.8 Å². The quantitative estimate of drug-likeness (QED) is 0.748. The summed E-state index contributed by atoms with van der Waals surface area (Å²) in [5, 5.41) is 13.5. The van der Waals surface area contributed by atoms with Gasteiger partial charge in [-0.05, 0) is 18.2 Å². The first-order valence-corrected chi connectivity index (χ1v) is 4.55. The summed E-state index contributed by atoms with van der Waals surface area (Å²) in [7, 11) is 0. The highest BCUT2D eigenvalue weighted by atomic mass is 16.5. The smallest absolute Gasteiger partial charge is 0.132 e. The molecule has 0 bridgehead atoms. The van der Waals surface area contributed by atoms with E-state index in [-0.39, 0.29) is 0 Å². The molecule has 2 N–H and O–H groups in total. The number of nitrogens with zero attached hydrogens (tertiary/aromatic N) is 1. The molecule has 2 rings (SSSR count). The molecule has 0 amide bonds. The molecule has 1 aromatic heterocycles. The average Bonchev–Trinajstić information content (AvgIpc) is 2.31. The predicted octanol–water partition coefficient (Wildman–Crippen LogP) is 2.73. The molecule has 0 aliphatic rings. The van der Waals surface area contributed by atoms with E-state index in [4.69, 9.17) is 0 Å². The van der Waals surface area contributed by atoms with E-state index in [0.717, 1.165) is 5.69 Å². The number of anilines is 3. The Labute approximate surface area is 87.6 Å². The number of hydrogen-bond acceptors (Lipinski definition) is 4. The van der Waals surface area contributed by atoms with E-state index in [1.807, 2.05) is 35.8 Å². The highest BCUT2D eigenvalue weighted by Gasteiger charge is 1.94. The van der Waals surface area contributed by atoms with E-state index in [1.165, 1.54) is 0 Å². The number of aromatic nitrogens is 1. The van der Waals surface area contributed by atoms with Gasteiger partial charge < -0.3 is 16.0 Å². The topological polar surface area (TPSA) is 60.0 Å². The lowest BCUT2D eigenvalue weighted by atomic mass is 10.3. The van der Waals surface area contributed by atoms with Crippen LogP contribution in [0.15, 0.2) is 48.7 Å². The minimum absolute atomic E-state index is 0.489. The molecule has 4 nitrogen and oxygen atoms in total. The van der Waals surface area contributed by atoms with E-state index in [1.54, 1.807) is 18.3 Å². The van der Waals surface area contributed by atoms with Crippen LogP contribution in [0.25, 0.3) is 0 Å². The van der Waals surface area contributed by atoms with Crippen LogP contribution in [-0.4, -0.2) is 4.98 Å². The highest BCUT2D eigenvalue weighted by molar-refractivity contribution is 5.60. The predicted molar refractivity (Wildman–Crippen MR) is 61.0 cm³/mol. The van der Waals surface area contributed by atoms with Crippen LogP contribution >= 0.6 is 0 Å². The van der Waals surface area contributed by atoms with Crippen LogP contribution in [0.3, 0.4) is 0 Å². The second-order valence-corrected chi connectivity index (χ2v) is 3.02. The Kier molecular flexibility index (Phi) is 2.80. The Balaban J connectivity index is 2.17. The molecule has 76 valence electrons. The van der Waals surface area contributed by atoms with E-state index >= 15 is 0 Å². The molecular formula is C11H10N3O-. The maximum absolute atomic E-state index is 10.4. The first kappa shape index (κ1) is 9.48. The van der Waals surface area contributed by atoms with Crippen molar-refractivity contribution in [3.8, 4) is 0 Å². The summed E-state index contributed by atoms with van der Waals surface area (Å²) in [4.78, 5) is 4.09. The van der Waals surface area contributed by atoms with E-state index in [0.29, 0.717) is 11.5 Å². The fourth-order valence-electron chi connectivity index (χ4n) is 1.23. The molecule has 4 heteroatoms. The van der Waals surface area contributed by atoms with Crippen molar-refractivity contribution in [2.45, 2.75) is 0 Å². The molecular weight excluding hydrogens is 190 g/mol. The van der Waals surface area contributed by atoms with Gasteiger partial charge in [-0.25, -0.2) is 4.98 Å². The summed E-state index contributed by atoms with van der Waals surface area (Å²) in [6.07, 6.45) is 1.57. The number of rotatable bonds is 3. The Morgan fingerprint density at radius 2 is 1.80 bits per heavy atom. The Morgan fingerprint density at radius 1 is 1.00 bits per heavy atom. The SMILES string of the molecule is [O-]Nc1ccnc(Nc2ccccc2)c1. The lowest BCUT2D eigenvalue weighted by Crippen LogP contribution is -1.94. The fourth-order valence-corrected chi connectivity index (χ4v) is 1.23. The van der Waals surface area contributed by atoms with Gasteiger partial charge in [-0.3, -0.25) is 0 Å². The minimum Gasteiger partial charge on any atom is -0.761 e. The Bertz CT molecular complexity index is 431. The van der Waals surface area contributed by atoms with Crippen molar-refractivity contribution in [1.82, 2.24) is 4.98 Å². The largest absolute Gasteiger partial charge is 0.761 e. The lowest BCUT2D eigenvalue weighted by molar-refractivity contribution is 1.31. The molecule has 1 aromatic carbocycles. The molecule has 1 heterocycles. The number of pyridine rings is 1. The van der Waals surface area contributed by atoms with Crippen LogP contribution in [0.1, 0.15) is 0 Å². The maximum atomic E-state index is 10.4. The van der Waals surface area contributed by atoms with E-state index in [9.17, 15) is 5.21 Å². The molecule has 0 atom stereocenters. The third kappa shape index (κ3) is 2.45. The van der Waals surface area contributed by atoms with Gasteiger partial charge in [0.25, 0.3) is 0 Å². The Hall–Kier alpha value is -2.07. The van der Waals surface area contributed by atoms with Gasteiger partial charge in [0.2, 0.25) is 0 Å². The standard InChI is InChI=1S/C11H10N3O/c15-14-10-6-7-12-11(8-10)13-9-4-2-1-3-5-9/h1-8H,(H2-,12,13,14,15)/q-1. The van der Waals surface area contributed by atoms with Gasteiger partial charge in [0.05, 0.1) is 0 Å². The number of nitrogens with one attached hydrogen (secondary N) is 2. The third-order valence-electron chi connectivity index (χ3n) is 1.92. The zero-order chi connectivity index (χ0) is 10.5. The van der Waals surface area contributed by atoms with Crippen molar-refractivity contribution in [2.75, 3.05) is 10.8 Å². The second-order valence-electron chi connectivity index (χ2n) is 3.02. The minimum atomic E-state index is 0.489. The van der Waals surface area contributed by atoms with Crippen molar-refractivity contribution in [2.24, 2.45) is 0 Å². The number of benzene rings is 1. The molecule has 0 radical (unpaired) electrons. The van der Waals surface area contributed by atoms with Gasteiger partial charge in [-0.15, -0.1) is 0 Å². The Morgan fingerprint density at radius 3 is 2.53 bits per heavy atom. The van der Waals surface area contributed by atoms with Gasteiger partial charge in [0.15, 0.2) is 0 Å². The number of para-hydroxylation sites is 1. The summed E-state index contributed by atoms with van der Waals surface area (Å²) in [6, 6.07) is 12.9. The second kappa shape index (κ2) is 4.43. The van der Waals surface area contributed by atoms with Gasteiger partial charge in [-0.2, -0.15) is 0 Å². The van der Waals surface area contributed by atoms with Crippen LogP contribution in [0.5, 0.6) is 0 Å². The van der Waals surface area contributed by atoms with Crippen LogP contribution in [0, 0.1) is 5.21 Å². The van der Waals surface area contributed by atoms with Crippen LogP contribution in [-0.2, 0) is 0 Å². The first-order valence-electron chi connectivity index (χ1n) is 4.55. The summed E-state index contributed by atoms with van der Waals surface area (Å²) < 4.78 is 0. The van der Waals surface area contributed by atoms with Crippen molar-refractivity contribution in [3.63, 3.8) is 0 Å².